The minimum atomic E-state index is -0.538. The number of imidazole rings is 1. The lowest BCUT2D eigenvalue weighted by molar-refractivity contribution is 0.0218. The lowest BCUT2D eigenvalue weighted by atomic mass is 10.2. The summed E-state index contributed by atoms with van der Waals surface area (Å²) in [6.45, 7) is 11.2. The van der Waals surface area contributed by atoms with Gasteiger partial charge in [0.2, 0.25) is 5.95 Å². The van der Waals surface area contributed by atoms with Gasteiger partial charge in [0.1, 0.15) is 34.5 Å². The van der Waals surface area contributed by atoms with Crippen LogP contribution in [0.1, 0.15) is 33.3 Å². The third-order valence-electron chi connectivity index (χ3n) is 6.96. The standard InChI is InChI=1S/C30H33N9O3/c1-18-12-20(6-9-25(18)41-21-7-8-22-23(13-21)33-16-32-22)36-27-26-24(34-17-35-27)14-31-28(37-26)39-11-10-38(15-19(39)2)29(40)42-30(3,4)5/h6-9,12-14,16-17,19H,10-11,15H2,1-5H3,(H,32,33)(H,34,35,36)/t19-/m0/s1. The van der Waals surface area contributed by atoms with E-state index in [0.717, 1.165) is 33.8 Å². The minimum Gasteiger partial charge on any atom is -0.457 e. The fourth-order valence-electron chi connectivity index (χ4n) is 4.91. The van der Waals surface area contributed by atoms with Gasteiger partial charge in [-0.2, -0.15) is 0 Å². The average Bonchev–Trinajstić information content (AvgIpc) is 3.42. The number of nitrogens with one attached hydrogen (secondary N) is 2. The summed E-state index contributed by atoms with van der Waals surface area (Å²) in [5.74, 6) is 2.60. The number of ether oxygens (including phenoxy) is 2. The fourth-order valence-corrected chi connectivity index (χ4v) is 4.91. The number of amides is 1. The fraction of sp³-hybridized carbons (Fsp3) is 0.333. The highest BCUT2D eigenvalue weighted by Crippen LogP contribution is 2.31. The highest BCUT2D eigenvalue weighted by Gasteiger charge is 2.31. The molecule has 6 rings (SSSR count). The van der Waals surface area contributed by atoms with E-state index in [2.05, 4.69) is 35.1 Å². The molecule has 1 atom stereocenters. The van der Waals surface area contributed by atoms with Crippen LogP contribution in [0.4, 0.5) is 22.2 Å². The topological polar surface area (TPSA) is 134 Å². The van der Waals surface area contributed by atoms with Crippen molar-refractivity contribution in [2.45, 2.75) is 46.3 Å². The molecule has 12 heteroatoms. The van der Waals surface area contributed by atoms with Gasteiger partial charge in [-0.3, -0.25) is 0 Å². The maximum absolute atomic E-state index is 12.6. The van der Waals surface area contributed by atoms with E-state index in [0.29, 0.717) is 42.4 Å². The van der Waals surface area contributed by atoms with Crippen LogP contribution < -0.4 is 15.0 Å². The van der Waals surface area contributed by atoms with Gasteiger partial charge in [-0.05, 0) is 70.5 Å². The van der Waals surface area contributed by atoms with Gasteiger partial charge in [-0.1, -0.05) is 0 Å². The molecular formula is C30H33N9O3. The predicted molar refractivity (Wildman–Crippen MR) is 160 cm³/mol. The second-order valence-corrected chi connectivity index (χ2v) is 11.4. The van der Waals surface area contributed by atoms with Crippen LogP contribution >= 0.6 is 0 Å². The van der Waals surface area contributed by atoms with E-state index < -0.39 is 5.60 Å². The molecule has 1 saturated heterocycles. The number of aromatic nitrogens is 6. The Balaban J connectivity index is 1.19. The molecule has 3 aromatic heterocycles. The quantitative estimate of drug-likeness (QED) is 0.277. The molecule has 0 aliphatic carbocycles. The van der Waals surface area contributed by atoms with Crippen molar-refractivity contribution >= 4 is 45.6 Å². The van der Waals surface area contributed by atoms with Crippen LogP contribution in [0.3, 0.4) is 0 Å². The van der Waals surface area contributed by atoms with Gasteiger partial charge in [0.05, 0.1) is 23.6 Å². The molecule has 0 saturated carbocycles. The summed E-state index contributed by atoms with van der Waals surface area (Å²) in [7, 11) is 0. The van der Waals surface area contributed by atoms with Crippen LogP contribution in [0.25, 0.3) is 22.1 Å². The second kappa shape index (κ2) is 10.8. The molecule has 42 heavy (non-hydrogen) atoms. The molecule has 0 spiro atoms. The predicted octanol–water partition coefficient (Wildman–Crippen LogP) is 5.59. The van der Waals surface area contributed by atoms with Gasteiger partial charge < -0.3 is 29.6 Å². The molecule has 12 nitrogen and oxygen atoms in total. The molecule has 2 N–H and O–H groups in total. The van der Waals surface area contributed by atoms with Gasteiger partial charge in [0.15, 0.2) is 5.82 Å². The molecule has 1 amide bonds. The van der Waals surface area contributed by atoms with E-state index in [1.807, 2.05) is 71.0 Å². The van der Waals surface area contributed by atoms with Crippen molar-refractivity contribution < 1.29 is 14.3 Å². The van der Waals surface area contributed by atoms with Gasteiger partial charge in [-0.25, -0.2) is 29.7 Å². The second-order valence-electron chi connectivity index (χ2n) is 11.4. The van der Waals surface area contributed by atoms with E-state index in [1.54, 1.807) is 17.4 Å². The number of aryl methyl sites for hydroxylation is 1. The van der Waals surface area contributed by atoms with Gasteiger partial charge >= 0.3 is 6.09 Å². The Morgan fingerprint density at radius 3 is 2.69 bits per heavy atom. The van der Waals surface area contributed by atoms with Crippen LogP contribution in [-0.2, 0) is 4.74 Å². The minimum absolute atomic E-state index is 0.00562. The first kappa shape index (κ1) is 27.2. The zero-order valence-corrected chi connectivity index (χ0v) is 24.3. The number of benzene rings is 2. The van der Waals surface area contributed by atoms with Crippen molar-refractivity contribution in [2.24, 2.45) is 0 Å². The summed E-state index contributed by atoms with van der Waals surface area (Å²) in [5, 5.41) is 3.39. The molecule has 5 aromatic rings. The maximum atomic E-state index is 12.6. The number of H-pyrrole nitrogens is 1. The van der Waals surface area contributed by atoms with Crippen LogP contribution in [0.2, 0.25) is 0 Å². The monoisotopic (exact) mass is 567 g/mol. The van der Waals surface area contributed by atoms with Crippen molar-refractivity contribution in [3.63, 3.8) is 0 Å². The number of hydrogen-bond donors (Lipinski definition) is 2. The van der Waals surface area contributed by atoms with E-state index in [1.165, 1.54) is 6.33 Å². The van der Waals surface area contributed by atoms with E-state index in [9.17, 15) is 4.79 Å². The molecule has 4 heterocycles. The first-order chi connectivity index (χ1) is 20.1. The number of fused-ring (bicyclic) bond motifs is 2. The summed E-state index contributed by atoms with van der Waals surface area (Å²) >= 11 is 0. The lowest BCUT2D eigenvalue weighted by Gasteiger charge is -2.40. The van der Waals surface area contributed by atoms with Crippen LogP contribution in [0.5, 0.6) is 11.5 Å². The summed E-state index contributed by atoms with van der Waals surface area (Å²) in [6, 6.07) is 11.6. The molecular weight excluding hydrogens is 534 g/mol. The molecule has 1 fully saturated rings. The number of hydrogen-bond acceptors (Lipinski definition) is 10. The Morgan fingerprint density at radius 1 is 1.05 bits per heavy atom. The zero-order chi connectivity index (χ0) is 29.4. The highest BCUT2D eigenvalue weighted by atomic mass is 16.6. The normalized spacial score (nSPS) is 15.7. The number of aromatic amines is 1. The third-order valence-corrected chi connectivity index (χ3v) is 6.96. The SMILES string of the molecule is Cc1cc(Nc2ncnc3cnc(N4CCN(C(=O)OC(C)(C)C)C[C@@H]4C)nc23)ccc1Oc1ccc2nc[nH]c2c1. The van der Waals surface area contributed by atoms with Crippen LogP contribution in [-0.4, -0.2) is 72.2 Å². The van der Waals surface area contributed by atoms with Crippen molar-refractivity contribution in [1.82, 2.24) is 34.8 Å². The van der Waals surface area contributed by atoms with Crippen molar-refractivity contribution in [3.8, 4) is 11.5 Å². The van der Waals surface area contributed by atoms with Crippen LogP contribution in [0, 0.1) is 6.92 Å². The molecule has 216 valence electrons. The average molecular weight is 568 g/mol. The van der Waals surface area contributed by atoms with Crippen molar-refractivity contribution in [1.29, 1.82) is 0 Å². The first-order valence-corrected chi connectivity index (χ1v) is 13.8. The van der Waals surface area contributed by atoms with Gasteiger partial charge in [0, 0.05) is 37.4 Å². The van der Waals surface area contributed by atoms with E-state index >= 15 is 0 Å². The first-order valence-electron chi connectivity index (χ1n) is 13.8. The number of anilines is 3. The lowest BCUT2D eigenvalue weighted by Crippen LogP contribution is -2.55. The third kappa shape index (κ3) is 5.73. The van der Waals surface area contributed by atoms with Crippen LogP contribution in [0.15, 0.2) is 55.2 Å². The summed E-state index contributed by atoms with van der Waals surface area (Å²) in [6.07, 6.45) is 4.55. The van der Waals surface area contributed by atoms with E-state index in [-0.39, 0.29) is 12.1 Å². The Bertz CT molecular complexity index is 1760. The van der Waals surface area contributed by atoms with Crippen molar-refractivity contribution in [3.05, 3.63) is 60.8 Å². The molecule has 0 bridgehead atoms. The van der Waals surface area contributed by atoms with Gasteiger partial charge in [-0.15, -0.1) is 0 Å². The smallest absolute Gasteiger partial charge is 0.410 e. The van der Waals surface area contributed by atoms with Gasteiger partial charge in [0.25, 0.3) is 0 Å². The summed E-state index contributed by atoms with van der Waals surface area (Å²) in [4.78, 5) is 42.0. The van der Waals surface area contributed by atoms with Crippen molar-refractivity contribution in [2.75, 3.05) is 29.9 Å². The molecule has 0 unspecified atom stereocenters. The Kier molecular flexibility index (Phi) is 6.97. The highest BCUT2D eigenvalue weighted by molar-refractivity contribution is 5.87. The molecule has 0 radical (unpaired) electrons. The number of nitrogens with zero attached hydrogens (tertiary/aromatic N) is 7. The number of carbonyl (C=O) groups excluding carboxylic acids is 1. The zero-order valence-electron chi connectivity index (χ0n) is 24.3. The maximum Gasteiger partial charge on any atom is 0.410 e. The summed E-state index contributed by atoms with van der Waals surface area (Å²) in [5.41, 5.74) is 4.29. The Morgan fingerprint density at radius 2 is 1.90 bits per heavy atom. The number of carbonyl (C=O) groups is 1. The molecule has 1 aliphatic heterocycles. The Labute approximate surface area is 243 Å². The Hall–Kier alpha value is -5.00. The van der Waals surface area contributed by atoms with E-state index in [4.69, 9.17) is 14.5 Å². The summed E-state index contributed by atoms with van der Waals surface area (Å²) < 4.78 is 11.7. The largest absolute Gasteiger partial charge is 0.457 e. The molecule has 1 aliphatic rings. The number of rotatable bonds is 5. The number of piperazine rings is 1. The molecule has 2 aromatic carbocycles.